The number of aryl methyl sites for hydroxylation is 1. The highest BCUT2D eigenvalue weighted by Gasteiger charge is 2.32. The molecule has 4 rings (SSSR count). The zero-order chi connectivity index (χ0) is 24.6. The highest BCUT2D eigenvalue weighted by atomic mass is 19.1. The molecule has 0 spiro atoms. The monoisotopic (exact) mass is 471 g/mol. The van der Waals surface area contributed by atoms with E-state index in [1.165, 1.54) is 11.6 Å². The van der Waals surface area contributed by atoms with Crippen LogP contribution in [0.15, 0.2) is 12.1 Å². The van der Waals surface area contributed by atoms with E-state index in [1.54, 1.807) is 10.7 Å². The van der Waals surface area contributed by atoms with E-state index >= 15 is 4.39 Å². The zero-order valence-electron chi connectivity index (χ0n) is 20.1. The first-order valence-corrected chi connectivity index (χ1v) is 12.0. The molecule has 1 aromatic heterocycles. The Morgan fingerprint density at radius 3 is 2.65 bits per heavy atom. The molecule has 0 aliphatic heterocycles. The fourth-order valence-electron chi connectivity index (χ4n) is 5.38. The molecule has 2 aromatic rings. The normalized spacial score (nSPS) is 21.6. The number of hydrogen-bond donors (Lipinski definition) is 4. The van der Waals surface area contributed by atoms with Crippen LogP contribution in [0.2, 0.25) is 0 Å². The molecule has 2 aliphatic rings. The smallest absolute Gasteiger partial charge is 0.317 e. The summed E-state index contributed by atoms with van der Waals surface area (Å²) in [5, 5.41) is 20.2. The van der Waals surface area contributed by atoms with Gasteiger partial charge in [0.15, 0.2) is 0 Å². The van der Waals surface area contributed by atoms with Crippen molar-refractivity contribution >= 4 is 17.6 Å². The first-order chi connectivity index (χ1) is 16.1. The van der Waals surface area contributed by atoms with Gasteiger partial charge in [-0.3, -0.25) is 9.59 Å². The molecule has 0 radical (unpaired) electrons. The van der Waals surface area contributed by atoms with E-state index in [9.17, 15) is 9.59 Å². The second-order valence-corrected chi connectivity index (χ2v) is 10.4. The van der Waals surface area contributed by atoms with Crippen LogP contribution < -0.4 is 16.4 Å². The van der Waals surface area contributed by atoms with Crippen LogP contribution in [-0.4, -0.2) is 45.4 Å². The molecule has 34 heavy (non-hydrogen) atoms. The Morgan fingerprint density at radius 2 is 1.97 bits per heavy atom. The molecule has 2 aliphatic carbocycles. The molecule has 1 aromatic carbocycles. The highest BCUT2D eigenvalue weighted by molar-refractivity contribution is 5.99. The Bertz CT molecular complexity index is 1110. The molecule has 184 valence electrons. The quantitative estimate of drug-likeness (QED) is 0.491. The van der Waals surface area contributed by atoms with Crippen LogP contribution in [0.5, 0.6) is 0 Å². The average molecular weight is 472 g/mol. The second-order valence-electron chi connectivity index (χ2n) is 10.4. The van der Waals surface area contributed by atoms with Gasteiger partial charge in [-0.2, -0.15) is 5.10 Å². The number of halogens is 1. The SMILES string of the molecule is Cc1nn(-c2cc(F)c(C(N)=O)c(NC3CCCCC3NCC(=O)O)c2)c2c1CCC(C)(C)C2. The van der Waals surface area contributed by atoms with Crippen LogP contribution in [-0.2, 0) is 17.6 Å². The summed E-state index contributed by atoms with van der Waals surface area (Å²) >= 11 is 0. The van der Waals surface area contributed by atoms with Gasteiger partial charge in [-0.05, 0) is 56.1 Å². The van der Waals surface area contributed by atoms with Crippen molar-refractivity contribution in [2.24, 2.45) is 11.1 Å². The minimum atomic E-state index is -0.933. The van der Waals surface area contributed by atoms with Crippen molar-refractivity contribution in [2.45, 2.75) is 77.8 Å². The van der Waals surface area contributed by atoms with Crippen molar-refractivity contribution in [3.63, 3.8) is 0 Å². The number of aromatic nitrogens is 2. The first kappa shape index (κ1) is 24.2. The summed E-state index contributed by atoms with van der Waals surface area (Å²) in [4.78, 5) is 23.2. The largest absolute Gasteiger partial charge is 0.480 e. The fraction of sp³-hybridized carbons (Fsp3) is 0.560. The number of nitrogens with two attached hydrogens (primary N) is 1. The van der Waals surface area contributed by atoms with Gasteiger partial charge < -0.3 is 21.5 Å². The average Bonchev–Trinajstić information content (AvgIpc) is 3.06. The number of fused-ring (bicyclic) bond motifs is 1. The summed E-state index contributed by atoms with van der Waals surface area (Å²) in [5.41, 5.74) is 9.56. The lowest BCUT2D eigenvalue weighted by atomic mass is 9.76. The molecule has 1 heterocycles. The van der Waals surface area contributed by atoms with Crippen LogP contribution in [0.4, 0.5) is 10.1 Å². The van der Waals surface area contributed by atoms with E-state index in [0.717, 1.165) is 56.3 Å². The molecular weight excluding hydrogens is 437 g/mol. The standard InChI is InChI=1S/C25H34FN5O3/c1-14-16-8-9-25(2,3)12-21(16)31(30-14)15-10-17(26)23(24(27)34)20(11-15)29-19-7-5-4-6-18(19)28-13-22(32)33/h10-11,18-19,28-29H,4-9,12-13H2,1-3H3,(H2,27,34)(H,32,33). The van der Waals surface area contributed by atoms with Gasteiger partial charge in [0.1, 0.15) is 5.82 Å². The summed E-state index contributed by atoms with van der Waals surface area (Å²) in [6, 6.07) is 2.78. The highest BCUT2D eigenvalue weighted by Crippen LogP contribution is 2.38. The number of carboxylic acids is 1. The number of nitrogens with zero attached hydrogens (tertiary/aromatic N) is 2. The van der Waals surface area contributed by atoms with Crippen LogP contribution >= 0.6 is 0 Å². The lowest BCUT2D eigenvalue weighted by Crippen LogP contribution is -2.48. The summed E-state index contributed by atoms with van der Waals surface area (Å²) in [6.07, 6.45) is 6.32. The van der Waals surface area contributed by atoms with Crippen molar-refractivity contribution in [3.8, 4) is 5.69 Å². The topological polar surface area (TPSA) is 122 Å². The Labute approximate surface area is 199 Å². The van der Waals surface area contributed by atoms with Crippen LogP contribution in [0.25, 0.3) is 5.69 Å². The maximum Gasteiger partial charge on any atom is 0.317 e. The Balaban J connectivity index is 1.73. The van der Waals surface area contributed by atoms with Gasteiger partial charge in [-0.15, -0.1) is 0 Å². The minimum Gasteiger partial charge on any atom is -0.480 e. The summed E-state index contributed by atoms with van der Waals surface area (Å²) < 4.78 is 17.1. The molecule has 0 saturated heterocycles. The van der Waals surface area contributed by atoms with E-state index in [1.807, 2.05) is 6.92 Å². The van der Waals surface area contributed by atoms with E-state index in [0.29, 0.717) is 11.4 Å². The number of carbonyl (C=O) groups is 2. The van der Waals surface area contributed by atoms with Crippen molar-refractivity contribution in [2.75, 3.05) is 11.9 Å². The summed E-state index contributed by atoms with van der Waals surface area (Å²) in [6.45, 7) is 6.26. The maximum atomic E-state index is 15.3. The third-order valence-corrected chi connectivity index (χ3v) is 7.18. The number of amides is 1. The predicted octanol–water partition coefficient (Wildman–Crippen LogP) is 3.33. The van der Waals surface area contributed by atoms with Crippen molar-refractivity contribution in [1.29, 1.82) is 0 Å². The molecule has 9 heteroatoms. The first-order valence-electron chi connectivity index (χ1n) is 12.0. The number of aliphatic carboxylic acids is 1. The van der Waals surface area contributed by atoms with Crippen molar-refractivity contribution in [3.05, 3.63) is 40.5 Å². The third-order valence-electron chi connectivity index (χ3n) is 7.18. The number of hydrogen-bond acceptors (Lipinski definition) is 5. The van der Waals surface area contributed by atoms with Gasteiger partial charge in [-0.25, -0.2) is 9.07 Å². The zero-order valence-corrected chi connectivity index (χ0v) is 20.1. The Kier molecular flexibility index (Phi) is 6.66. The molecule has 5 N–H and O–H groups in total. The number of carbonyl (C=O) groups excluding carboxylic acids is 1. The number of anilines is 1. The molecule has 2 atom stereocenters. The predicted molar refractivity (Wildman–Crippen MR) is 128 cm³/mol. The Morgan fingerprint density at radius 1 is 1.26 bits per heavy atom. The molecular formula is C25H34FN5O3. The van der Waals surface area contributed by atoms with Gasteiger partial charge in [0.25, 0.3) is 5.91 Å². The van der Waals surface area contributed by atoms with Crippen LogP contribution in [0.1, 0.15) is 73.3 Å². The molecule has 0 bridgehead atoms. The van der Waals surface area contributed by atoms with Gasteiger partial charge >= 0.3 is 5.97 Å². The number of benzene rings is 1. The number of nitrogens with one attached hydrogen (secondary N) is 2. The summed E-state index contributed by atoms with van der Waals surface area (Å²) in [5.74, 6) is -2.48. The van der Waals surface area contributed by atoms with E-state index < -0.39 is 17.7 Å². The number of rotatable bonds is 7. The van der Waals surface area contributed by atoms with Crippen molar-refractivity contribution in [1.82, 2.24) is 15.1 Å². The number of primary amides is 1. The lowest BCUT2D eigenvalue weighted by Gasteiger charge is -2.34. The van der Waals surface area contributed by atoms with Gasteiger partial charge in [-0.1, -0.05) is 26.7 Å². The van der Waals surface area contributed by atoms with Gasteiger partial charge in [0.05, 0.1) is 29.2 Å². The summed E-state index contributed by atoms with van der Waals surface area (Å²) in [7, 11) is 0. The minimum absolute atomic E-state index is 0.113. The van der Waals surface area contributed by atoms with Crippen LogP contribution in [0, 0.1) is 18.2 Å². The fourth-order valence-corrected chi connectivity index (χ4v) is 5.38. The number of carboxylic acid groups (broad SMARTS) is 1. The molecule has 1 amide bonds. The van der Waals surface area contributed by atoms with E-state index in [2.05, 4.69) is 24.5 Å². The maximum absolute atomic E-state index is 15.3. The molecule has 8 nitrogen and oxygen atoms in total. The van der Waals surface area contributed by atoms with E-state index in [4.69, 9.17) is 15.9 Å². The van der Waals surface area contributed by atoms with Crippen LogP contribution in [0.3, 0.4) is 0 Å². The second kappa shape index (κ2) is 9.37. The molecule has 1 fully saturated rings. The molecule has 2 unspecified atom stereocenters. The van der Waals surface area contributed by atoms with Crippen molar-refractivity contribution < 1.29 is 19.1 Å². The van der Waals surface area contributed by atoms with Gasteiger partial charge in [0.2, 0.25) is 0 Å². The Hall–Kier alpha value is -2.94. The van der Waals surface area contributed by atoms with Gasteiger partial charge in [0, 0.05) is 23.8 Å². The van der Waals surface area contributed by atoms with E-state index in [-0.39, 0.29) is 29.6 Å². The lowest BCUT2D eigenvalue weighted by molar-refractivity contribution is -0.136. The third kappa shape index (κ3) is 4.94. The molecule has 1 saturated carbocycles.